The zero-order valence-electron chi connectivity index (χ0n) is 9.47. The van der Waals surface area contributed by atoms with Crippen LogP contribution in [0.25, 0.3) is 0 Å². The van der Waals surface area contributed by atoms with Gasteiger partial charge in [0.2, 0.25) is 0 Å². The van der Waals surface area contributed by atoms with Crippen molar-refractivity contribution < 1.29 is 14.8 Å². The maximum Gasteiger partial charge on any atom is 0.280 e. The summed E-state index contributed by atoms with van der Waals surface area (Å²) < 4.78 is 4.91. The molecule has 1 aromatic rings. The highest BCUT2D eigenvalue weighted by Crippen LogP contribution is 2.10. The van der Waals surface area contributed by atoms with Gasteiger partial charge in [-0.25, -0.2) is 0 Å². The number of hydrogen-bond donors (Lipinski definition) is 1. The van der Waals surface area contributed by atoms with Crippen LogP contribution >= 0.6 is 0 Å². The molecule has 0 bridgehead atoms. The topological polar surface area (TPSA) is 63.4 Å². The number of aryl methyl sites for hydroxylation is 1. The predicted octanol–water partition coefficient (Wildman–Crippen LogP) is 1.78. The SMILES string of the molecule is CO/N=C(\C(=N/O)OC)c1ccccc1C. The van der Waals surface area contributed by atoms with Crippen LogP contribution in [0.2, 0.25) is 0 Å². The molecule has 0 spiro atoms. The Balaban J connectivity index is 3.24. The lowest BCUT2D eigenvalue weighted by atomic mass is 10.0. The molecule has 0 atom stereocenters. The van der Waals surface area contributed by atoms with Gasteiger partial charge in [0.25, 0.3) is 5.90 Å². The normalized spacial score (nSPS) is 12.4. The molecule has 5 heteroatoms. The fourth-order valence-corrected chi connectivity index (χ4v) is 1.32. The maximum atomic E-state index is 8.80. The first-order chi connectivity index (χ1) is 7.74. The van der Waals surface area contributed by atoms with E-state index in [-0.39, 0.29) is 5.90 Å². The fourth-order valence-electron chi connectivity index (χ4n) is 1.32. The van der Waals surface area contributed by atoms with Gasteiger partial charge in [-0.1, -0.05) is 29.4 Å². The Labute approximate surface area is 94.0 Å². The molecule has 1 N–H and O–H groups in total. The van der Waals surface area contributed by atoms with Crippen molar-refractivity contribution in [3.05, 3.63) is 35.4 Å². The van der Waals surface area contributed by atoms with E-state index in [0.29, 0.717) is 5.71 Å². The van der Waals surface area contributed by atoms with E-state index < -0.39 is 0 Å². The molecule has 86 valence electrons. The number of methoxy groups -OCH3 is 1. The van der Waals surface area contributed by atoms with Crippen molar-refractivity contribution in [3.8, 4) is 0 Å². The van der Waals surface area contributed by atoms with E-state index in [4.69, 9.17) is 14.8 Å². The summed E-state index contributed by atoms with van der Waals surface area (Å²) in [6.45, 7) is 1.92. The third kappa shape index (κ3) is 2.50. The highest BCUT2D eigenvalue weighted by Gasteiger charge is 2.16. The second-order valence-electron chi connectivity index (χ2n) is 3.05. The van der Waals surface area contributed by atoms with Crippen molar-refractivity contribution in [2.24, 2.45) is 10.3 Å². The lowest BCUT2D eigenvalue weighted by Gasteiger charge is -2.08. The van der Waals surface area contributed by atoms with E-state index in [1.807, 2.05) is 31.2 Å². The average Bonchev–Trinajstić information content (AvgIpc) is 2.30. The molecular formula is C11H14N2O3. The third-order valence-electron chi connectivity index (χ3n) is 2.07. The van der Waals surface area contributed by atoms with Crippen molar-refractivity contribution >= 4 is 11.6 Å². The van der Waals surface area contributed by atoms with Crippen molar-refractivity contribution in [1.29, 1.82) is 0 Å². The summed E-state index contributed by atoms with van der Waals surface area (Å²) in [6.07, 6.45) is 0. The Morgan fingerprint density at radius 1 is 1.25 bits per heavy atom. The second-order valence-corrected chi connectivity index (χ2v) is 3.05. The lowest BCUT2D eigenvalue weighted by molar-refractivity contribution is 0.213. The molecule has 1 aromatic carbocycles. The molecule has 0 aliphatic rings. The van der Waals surface area contributed by atoms with Gasteiger partial charge >= 0.3 is 0 Å². The first-order valence-electron chi connectivity index (χ1n) is 4.68. The Morgan fingerprint density at radius 3 is 2.44 bits per heavy atom. The molecule has 0 aliphatic carbocycles. The zero-order valence-corrected chi connectivity index (χ0v) is 9.47. The molecule has 0 unspecified atom stereocenters. The van der Waals surface area contributed by atoms with Crippen LogP contribution in [-0.4, -0.2) is 31.0 Å². The van der Waals surface area contributed by atoms with Gasteiger partial charge in [-0.2, -0.15) is 0 Å². The summed E-state index contributed by atoms with van der Waals surface area (Å²) in [5.74, 6) is 0.0103. The van der Waals surface area contributed by atoms with Crippen molar-refractivity contribution in [1.82, 2.24) is 0 Å². The minimum atomic E-state index is 0.0103. The van der Waals surface area contributed by atoms with Gasteiger partial charge < -0.3 is 14.8 Å². The van der Waals surface area contributed by atoms with Crippen LogP contribution in [-0.2, 0) is 9.57 Å². The van der Waals surface area contributed by atoms with Crippen LogP contribution in [0.3, 0.4) is 0 Å². The molecule has 0 radical (unpaired) electrons. The Hall–Kier alpha value is -2.04. The van der Waals surface area contributed by atoms with E-state index in [9.17, 15) is 0 Å². The largest absolute Gasteiger partial charge is 0.477 e. The number of rotatable bonds is 3. The Bertz CT molecular complexity index is 413. The zero-order chi connectivity index (χ0) is 12.0. The molecule has 0 amide bonds. The van der Waals surface area contributed by atoms with E-state index in [1.54, 1.807) is 0 Å². The summed E-state index contributed by atoms with van der Waals surface area (Å²) in [6, 6.07) is 7.53. The summed E-state index contributed by atoms with van der Waals surface area (Å²) in [4.78, 5) is 4.71. The van der Waals surface area contributed by atoms with Crippen LogP contribution in [0.1, 0.15) is 11.1 Å². The van der Waals surface area contributed by atoms with Gasteiger partial charge in [0.1, 0.15) is 7.11 Å². The number of hydrogen-bond acceptors (Lipinski definition) is 5. The Morgan fingerprint density at radius 2 is 1.94 bits per heavy atom. The molecule has 0 aliphatic heterocycles. The summed E-state index contributed by atoms with van der Waals surface area (Å²) >= 11 is 0. The van der Waals surface area contributed by atoms with E-state index in [0.717, 1.165) is 11.1 Å². The molecule has 0 saturated carbocycles. The molecule has 0 fully saturated rings. The highest BCUT2D eigenvalue weighted by molar-refractivity contribution is 6.45. The minimum absolute atomic E-state index is 0.0103. The molecule has 1 rings (SSSR count). The average molecular weight is 222 g/mol. The van der Waals surface area contributed by atoms with Gasteiger partial charge in [-0.3, -0.25) is 0 Å². The summed E-state index contributed by atoms with van der Waals surface area (Å²) in [5.41, 5.74) is 2.13. The van der Waals surface area contributed by atoms with E-state index >= 15 is 0 Å². The molecule has 0 heterocycles. The van der Waals surface area contributed by atoms with Crippen LogP contribution < -0.4 is 0 Å². The number of oxime groups is 2. The number of benzene rings is 1. The highest BCUT2D eigenvalue weighted by atomic mass is 16.6. The van der Waals surface area contributed by atoms with Crippen LogP contribution in [0, 0.1) is 6.92 Å². The lowest BCUT2D eigenvalue weighted by Crippen LogP contribution is -2.19. The predicted molar refractivity (Wildman–Crippen MR) is 61.0 cm³/mol. The summed E-state index contributed by atoms with van der Waals surface area (Å²) in [5, 5.41) is 15.6. The van der Waals surface area contributed by atoms with Crippen molar-refractivity contribution in [3.63, 3.8) is 0 Å². The van der Waals surface area contributed by atoms with E-state index in [1.165, 1.54) is 14.2 Å². The van der Waals surface area contributed by atoms with Crippen LogP contribution in [0.15, 0.2) is 34.6 Å². The first-order valence-corrected chi connectivity index (χ1v) is 4.68. The van der Waals surface area contributed by atoms with E-state index in [2.05, 4.69) is 10.3 Å². The minimum Gasteiger partial charge on any atom is -0.477 e. The van der Waals surface area contributed by atoms with Crippen molar-refractivity contribution in [2.75, 3.05) is 14.2 Å². The van der Waals surface area contributed by atoms with Gasteiger partial charge in [0, 0.05) is 5.56 Å². The third-order valence-corrected chi connectivity index (χ3v) is 2.07. The molecule has 5 nitrogen and oxygen atoms in total. The van der Waals surface area contributed by atoms with Crippen molar-refractivity contribution in [2.45, 2.75) is 6.92 Å². The van der Waals surface area contributed by atoms with Gasteiger partial charge in [-0.15, -0.1) is 0 Å². The van der Waals surface area contributed by atoms with Crippen LogP contribution in [0.5, 0.6) is 0 Å². The Kier molecular flexibility index (Phi) is 4.32. The standard InChI is InChI=1S/C11H14N2O3/c1-8-6-4-5-7-9(8)10(13-16-3)11(12-14)15-2/h4-7,14H,1-3H3/b12-11+,13-10-. The molecule has 0 saturated heterocycles. The number of nitrogens with zero attached hydrogens (tertiary/aromatic N) is 2. The molecule has 0 aromatic heterocycles. The quantitative estimate of drug-likeness (QED) is 0.367. The fraction of sp³-hybridized carbons (Fsp3) is 0.273. The van der Waals surface area contributed by atoms with Gasteiger partial charge in [-0.05, 0) is 17.6 Å². The maximum absolute atomic E-state index is 8.80. The molecular weight excluding hydrogens is 208 g/mol. The second kappa shape index (κ2) is 5.75. The smallest absolute Gasteiger partial charge is 0.280 e. The number of ether oxygens (including phenoxy) is 1. The summed E-state index contributed by atoms with van der Waals surface area (Å²) in [7, 11) is 2.82. The monoisotopic (exact) mass is 222 g/mol. The first kappa shape index (κ1) is 12.0. The van der Waals surface area contributed by atoms with Gasteiger partial charge in [0.15, 0.2) is 5.71 Å². The van der Waals surface area contributed by atoms with Crippen LogP contribution in [0.4, 0.5) is 0 Å². The van der Waals surface area contributed by atoms with Gasteiger partial charge in [0.05, 0.1) is 7.11 Å². The molecule has 16 heavy (non-hydrogen) atoms.